The maximum absolute atomic E-state index is 12.0. The van der Waals surface area contributed by atoms with E-state index in [1.54, 1.807) is 0 Å². The molecule has 1 aliphatic heterocycles. The van der Waals surface area contributed by atoms with E-state index >= 15 is 0 Å². The zero-order chi connectivity index (χ0) is 28.1. The molecule has 1 aliphatic rings. The maximum Gasteiger partial charge on any atom is 0.0976 e. The average molecular weight is 554 g/mol. The molecule has 1 N–H and O–H groups in total. The Morgan fingerprint density at radius 3 is 1.34 bits per heavy atom. The van der Waals surface area contributed by atoms with Gasteiger partial charge in [0.15, 0.2) is 0 Å². The summed E-state index contributed by atoms with van der Waals surface area (Å²) in [5, 5.41) is 12.0. The van der Waals surface area contributed by atoms with Gasteiger partial charge in [-0.25, -0.2) is 0 Å². The summed E-state index contributed by atoms with van der Waals surface area (Å²) in [7, 11) is -1.44. The Morgan fingerprint density at radius 2 is 1.00 bits per heavy atom. The summed E-state index contributed by atoms with van der Waals surface area (Å²) in [4.78, 5) is 2.58. The van der Waals surface area contributed by atoms with Gasteiger partial charge < -0.3 is 5.11 Å². The Bertz CT molecular complexity index is 1360. The highest BCUT2D eigenvalue weighted by molar-refractivity contribution is 6.60. The van der Waals surface area contributed by atoms with Crippen LogP contribution in [0, 0.1) is 0 Å². The van der Waals surface area contributed by atoms with Gasteiger partial charge in [0.25, 0.3) is 0 Å². The van der Waals surface area contributed by atoms with Gasteiger partial charge in [-0.05, 0) is 40.3 Å². The first-order chi connectivity index (χ1) is 20.2. The van der Waals surface area contributed by atoms with Gasteiger partial charge in [0.1, 0.15) is 0 Å². The molecule has 6 rings (SSSR count). The largest absolute Gasteiger partial charge is 0.392 e. The molecule has 0 aliphatic carbocycles. The minimum Gasteiger partial charge on any atom is -0.392 e. The lowest BCUT2D eigenvalue weighted by molar-refractivity contribution is -0.0523. The Labute approximate surface area is 246 Å². The standard InChI is InChI=1S/C38H39NOSi/c1-41(37(30-17-7-2-8-18-30)31-19-9-3-10-20-31)29-36(40)35-27-28-39(35)38(32-21-11-4-12-22-32,33-23-13-5-14-24-33)34-25-15-6-16-26-34/h2-26,35-37,40-41H,27-29H2,1H3/t35-,36?,41?/m0/s1. The third kappa shape index (κ3) is 5.33. The number of aliphatic hydroxyl groups excluding tert-OH is 1. The van der Waals surface area contributed by atoms with Crippen molar-refractivity contribution in [1.29, 1.82) is 0 Å². The van der Waals surface area contributed by atoms with Crippen LogP contribution in [0.3, 0.4) is 0 Å². The van der Waals surface area contributed by atoms with Crippen LogP contribution in [0.15, 0.2) is 152 Å². The SMILES string of the molecule is C[SiH](CC(O)[C@@H]1CCN1C(c1ccccc1)(c1ccccc1)c1ccccc1)C(c1ccccc1)c1ccccc1. The second-order valence-electron chi connectivity index (χ2n) is 11.4. The molecule has 3 heteroatoms. The summed E-state index contributed by atoms with van der Waals surface area (Å²) in [5.74, 6) is 0. The van der Waals surface area contributed by atoms with Crippen molar-refractivity contribution in [1.82, 2.24) is 4.90 Å². The van der Waals surface area contributed by atoms with Crippen LogP contribution < -0.4 is 0 Å². The third-order valence-electron chi connectivity index (χ3n) is 9.02. The molecule has 0 saturated carbocycles. The van der Waals surface area contributed by atoms with Crippen molar-refractivity contribution < 1.29 is 5.11 Å². The number of hydrogen-bond acceptors (Lipinski definition) is 2. The molecule has 0 spiro atoms. The summed E-state index contributed by atoms with van der Waals surface area (Å²) >= 11 is 0. The van der Waals surface area contributed by atoms with Gasteiger partial charge in [-0.1, -0.05) is 158 Å². The normalized spacial score (nSPS) is 17.1. The molecule has 2 unspecified atom stereocenters. The van der Waals surface area contributed by atoms with Crippen LogP contribution in [0.1, 0.15) is 39.8 Å². The molecule has 1 fully saturated rings. The molecule has 206 valence electrons. The topological polar surface area (TPSA) is 23.5 Å². The predicted octanol–water partition coefficient (Wildman–Crippen LogP) is 7.64. The van der Waals surface area contributed by atoms with Crippen molar-refractivity contribution in [3.63, 3.8) is 0 Å². The first kappa shape index (κ1) is 27.4. The second kappa shape index (κ2) is 12.4. The number of rotatable bonds is 10. The first-order valence-electron chi connectivity index (χ1n) is 14.9. The van der Waals surface area contributed by atoms with E-state index in [0.717, 1.165) is 19.0 Å². The summed E-state index contributed by atoms with van der Waals surface area (Å²) < 4.78 is 0. The second-order valence-corrected chi connectivity index (χ2v) is 14.5. The summed E-state index contributed by atoms with van der Waals surface area (Å²) in [6.45, 7) is 3.38. The number of benzene rings is 5. The van der Waals surface area contributed by atoms with E-state index in [-0.39, 0.29) is 6.04 Å². The molecule has 3 atom stereocenters. The number of aliphatic hydroxyl groups is 1. The lowest BCUT2D eigenvalue weighted by atomic mass is 9.72. The van der Waals surface area contributed by atoms with Crippen LogP contribution >= 0.6 is 0 Å². The fraction of sp³-hybridized carbons (Fsp3) is 0.211. The quantitative estimate of drug-likeness (QED) is 0.142. The molecule has 0 aromatic heterocycles. The third-order valence-corrected chi connectivity index (χ3v) is 12.1. The van der Waals surface area contributed by atoms with Crippen LogP contribution in [0.5, 0.6) is 0 Å². The van der Waals surface area contributed by atoms with Gasteiger partial charge in [0.05, 0.1) is 20.4 Å². The molecular formula is C38H39NOSi. The van der Waals surface area contributed by atoms with Crippen molar-refractivity contribution in [2.45, 2.75) is 42.2 Å². The van der Waals surface area contributed by atoms with Gasteiger partial charge in [0, 0.05) is 18.1 Å². The van der Waals surface area contributed by atoms with E-state index in [1.807, 2.05) is 0 Å². The fourth-order valence-electron chi connectivity index (χ4n) is 7.10. The van der Waals surface area contributed by atoms with Crippen molar-refractivity contribution in [2.75, 3.05) is 6.54 Å². The van der Waals surface area contributed by atoms with E-state index in [9.17, 15) is 5.11 Å². The molecule has 0 amide bonds. The Balaban J connectivity index is 1.37. The molecular weight excluding hydrogens is 515 g/mol. The van der Waals surface area contributed by atoms with Crippen molar-refractivity contribution in [3.8, 4) is 0 Å². The molecule has 2 nitrogen and oxygen atoms in total. The monoisotopic (exact) mass is 553 g/mol. The number of nitrogens with zero attached hydrogens (tertiary/aromatic N) is 1. The highest BCUT2D eigenvalue weighted by Crippen LogP contribution is 2.48. The van der Waals surface area contributed by atoms with E-state index in [2.05, 4.69) is 163 Å². The molecule has 1 heterocycles. The molecule has 0 radical (unpaired) electrons. The average Bonchev–Trinajstić information content (AvgIpc) is 3.01. The maximum atomic E-state index is 12.0. The zero-order valence-electron chi connectivity index (χ0n) is 23.8. The van der Waals surface area contributed by atoms with E-state index in [1.165, 1.54) is 27.8 Å². The number of hydrogen-bond donors (Lipinski definition) is 1. The molecule has 5 aromatic carbocycles. The molecule has 1 saturated heterocycles. The zero-order valence-corrected chi connectivity index (χ0v) is 24.9. The smallest absolute Gasteiger partial charge is 0.0976 e. The van der Waals surface area contributed by atoms with Crippen molar-refractivity contribution in [2.24, 2.45) is 0 Å². The van der Waals surface area contributed by atoms with Crippen LogP contribution in [0.2, 0.25) is 12.6 Å². The summed E-state index contributed by atoms with van der Waals surface area (Å²) in [6.07, 6.45) is 0.605. The van der Waals surface area contributed by atoms with Gasteiger partial charge in [0.2, 0.25) is 0 Å². The van der Waals surface area contributed by atoms with Gasteiger partial charge in [-0.15, -0.1) is 0 Å². The van der Waals surface area contributed by atoms with Crippen LogP contribution in [0.25, 0.3) is 0 Å². The minimum absolute atomic E-state index is 0.0813. The molecule has 0 bridgehead atoms. The predicted molar refractivity (Wildman–Crippen MR) is 173 cm³/mol. The fourth-order valence-corrected chi connectivity index (χ4v) is 10.2. The van der Waals surface area contributed by atoms with E-state index in [4.69, 9.17) is 0 Å². The lowest BCUT2D eigenvalue weighted by Crippen LogP contribution is -2.64. The number of likely N-dealkylation sites (tertiary alicyclic amines) is 1. The Morgan fingerprint density at radius 1 is 0.634 bits per heavy atom. The van der Waals surface area contributed by atoms with Crippen LogP contribution in [-0.2, 0) is 5.54 Å². The van der Waals surface area contributed by atoms with E-state index in [0.29, 0.717) is 5.54 Å². The molecule has 41 heavy (non-hydrogen) atoms. The highest BCUT2D eigenvalue weighted by atomic mass is 28.3. The van der Waals surface area contributed by atoms with Gasteiger partial charge >= 0.3 is 0 Å². The Kier molecular flexibility index (Phi) is 8.29. The van der Waals surface area contributed by atoms with Crippen molar-refractivity contribution in [3.05, 3.63) is 179 Å². The lowest BCUT2D eigenvalue weighted by Gasteiger charge is -2.56. The minimum atomic E-state index is -1.44. The molecule has 5 aromatic rings. The highest BCUT2D eigenvalue weighted by Gasteiger charge is 2.50. The van der Waals surface area contributed by atoms with Crippen molar-refractivity contribution >= 4 is 8.80 Å². The summed E-state index contributed by atoms with van der Waals surface area (Å²) in [6, 6.07) is 55.3. The van der Waals surface area contributed by atoms with Gasteiger partial charge in [-0.3, -0.25) is 4.90 Å². The van der Waals surface area contributed by atoms with Crippen LogP contribution in [-0.4, -0.2) is 37.5 Å². The Hall–Kier alpha value is -3.76. The summed E-state index contributed by atoms with van der Waals surface area (Å²) in [5.41, 5.74) is 6.34. The first-order valence-corrected chi connectivity index (χ1v) is 17.5. The van der Waals surface area contributed by atoms with Crippen LogP contribution in [0.4, 0.5) is 0 Å². The van der Waals surface area contributed by atoms with Gasteiger partial charge in [-0.2, -0.15) is 0 Å². The van der Waals surface area contributed by atoms with E-state index < -0.39 is 20.4 Å².